The van der Waals surface area contributed by atoms with E-state index < -0.39 is 15.8 Å². The van der Waals surface area contributed by atoms with Crippen molar-refractivity contribution in [3.8, 4) is 0 Å². The smallest absolute Gasteiger partial charge is 0.242 e. The lowest BCUT2D eigenvalue weighted by atomic mass is 10.3. The van der Waals surface area contributed by atoms with E-state index in [-0.39, 0.29) is 10.3 Å². The lowest BCUT2D eigenvalue weighted by Gasteiger charge is -2.06. The molecule has 1 aromatic rings. The van der Waals surface area contributed by atoms with Crippen molar-refractivity contribution in [3.63, 3.8) is 0 Å². The quantitative estimate of drug-likeness (QED) is 0.855. The Bertz CT molecular complexity index is 435. The molecule has 0 aliphatic heterocycles. The van der Waals surface area contributed by atoms with Crippen molar-refractivity contribution in [3.05, 3.63) is 28.5 Å². The lowest BCUT2D eigenvalue weighted by Crippen LogP contribution is -2.14. The molecule has 3 nitrogen and oxygen atoms in total. The van der Waals surface area contributed by atoms with E-state index in [2.05, 4.69) is 36.6 Å². The molecule has 0 heterocycles. The Morgan fingerprint density at radius 3 is 2.64 bits per heavy atom. The summed E-state index contributed by atoms with van der Waals surface area (Å²) in [6.45, 7) is 0. The number of sulfonamides is 1. The Balaban J connectivity index is 3.03. The number of rotatable bonds is 3. The number of alkyl halides is 1. The molecule has 1 rings (SSSR count). The zero-order chi connectivity index (χ0) is 10.8. The SMILES string of the molecule is O=S(=O)(CBr)Nc1cc(Br)ccc1F. The molecule has 0 atom stereocenters. The Morgan fingerprint density at radius 2 is 2.07 bits per heavy atom. The molecule has 0 fully saturated rings. The molecule has 0 saturated heterocycles. The van der Waals surface area contributed by atoms with Crippen LogP contribution in [0, 0.1) is 5.82 Å². The third kappa shape index (κ3) is 3.21. The molecule has 14 heavy (non-hydrogen) atoms. The number of halogens is 3. The number of hydrogen-bond donors (Lipinski definition) is 1. The highest BCUT2D eigenvalue weighted by Crippen LogP contribution is 2.21. The second-order valence-electron chi connectivity index (χ2n) is 2.45. The van der Waals surface area contributed by atoms with Crippen molar-refractivity contribution in [2.75, 3.05) is 9.38 Å². The maximum Gasteiger partial charge on any atom is 0.242 e. The minimum absolute atomic E-state index is 0.0705. The summed E-state index contributed by atoms with van der Waals surface area (Å²) in [4.78, 5) is 0. The van der Waals surface area contributed by atoms with Crippen molar-refractivity contribution in [1.82, 2.24) is 0 Å². The van der Waals surface area contributed by atoms with E-state index in [0.717, 1.165) is 0 Å². The van der Waals surface area contributed by atoms with E-state index >= 15 is 0 Å². The van der Waals surface area contributed by atoms with Gasteiger partial charge >= 0.3 is 0 Å². The molecule has 0 aliphatic carbocycles. The fraction of sp³-hybridized carbons (Fsp3) is 0.143. The van der Waals surface area contributed by atoms with E-state index in [4.69, 9.17) is 0 Å². The van der Waals surface area contributed by atoms with Crippen LogP contribution in [0.25, 0.3) is 0 Å². The number of hydrogen-bond acceptors (Lipinski definition) is 2. The van der Waals surface area contributed by atoms with Gasteiger partial charge in [0.2, 0.25) is 10.0 Å². The third-order valence-corrected chi connectivity index (χ3v) is 4.46. The van der Waals surface area contributed by atoms with Gasteiger partial charge in [-0.15, -0.1) is 0 Å². The summed E-state index contributed by atoms with van der Waals surface area (Å²) >= 11 is 5.90. The van der Waals surface area contributed by atoms with E-state index in [1.165, 1.54) is 18.2 Å². The summed E-state index contributed by atoms with van der Waals surface area (Å²) in [6, 6.07) is 4.02. The predicted molar refractivity (Wildman–Crippen MR) is 60.4 cm³/mol. The average Bonchev–Trinajstić information content (AvgIpc) is 2.11. The zero-order valence-electron chi connectivity index (χ0n) is 6.80. The Kier molecular flexibility index (Phi) is 3.91. The van der Waals surface area contributed by atoms with E-state index in [9.17, 15) is 12.8 Å². The van der Waals surface area contributed by atoms with Crippen molar-refractivity contribution >= 4 is 47.6 Å². The van der Waals surface area contributed by atoms with Crippen LogP contribution in [0.1, 0.15) is 0 Å². The van der Waals surface area contributed by atoms with Gasteiger partial charge in [-0.1, -0.05) is 31.9 Å². The van der Waals surface area contributed by atoms with Gasteiger partial charge in [-0.2, -0.15) is 0 Å². The maximum atomic E-state index is 13.1. The molecule has 0 radical (unpaired) electrons. The minimum Gasteiger partial charge on any atom is -0.280 e. The van der Waals surface area contributed by atoms with Crippen LogP contribution in [0.3, 0.4) is 0 Å². The van der Waals surface area contributed by atoms with Gasteiger partial charge in [-0.3, -0.25) is 4.72 Å². The molecule has 0 saturated carbocycles. The molecule has 1 aromatic carbocycles. The van der Waals surface area contributed by atoms with Gasteiger partial charge in [0, 0.05) is 4.47 Å². The number of benzene rings is 1. The standard InChI is InChI=1S/C7H6Br2FNO2S/c8-4-14(12,13)11-7-3-5(9)1-2-6(7)10/h1-3,11H,4H2. The number of anilines is 1. The highest BCUT2D eigenvalue weighted by molar-refractivity contribution is 9.11. The van der Waals surface area contributed by atoms with E-state index in [0.29, 0.717) is 4.47 Å². The highest BCUT2D eigenvalue weighted by atomic mass is 79.9. The first-order chi connectivity index (χ1) is 6.44. The molecule has 7 heteroatoms. The van der Waals surface area contributed by atoms with Crippen LogP contribution >= 0.6 is 31.9 Å². The molecule has 0 amide bonds. The van der Waals surface area contributed by atoms with Gasteiger partial charge in [-0.05, 0) is 18.2 Å². The molecule has 0 bridgehead atoms. The van der Waals surface area contributed by atoms with Gasteiger partial charge in [-0.25, -0.2) is 12.8 Å². The predicted octanol–water partition coefficient (Wildman–Crippen LogP) is 2.68. The third-order valence-electron chi connectivity index (χ3n) is 1.34. The summed E-state index contributed by atoms with van der Waals surface area (Å²) in [6.07, 6.45) is 0. The van der Waals surface area contributed by atoms with Gasteiger partial charge in [0.15, 0.2) is 0 Å². The Morgan fingerprint density at radius 1 is 1.43 bits per heavy atom. The first kappa shape index (κ1) is 11.9. The monoisotopic (exact) mass is 345 g/mol. The fourth-order valence-electron chi connectivity index (χ4n) is 0.771. The molecule has 0 unspecified atom stereocenters. The second-order valence-corrected chi connectivity index (χ2v) is 6.39. The Hall–Kier alpha value is -0.140. The number of nitrogens with one attached hydrogen (secondary N) is 1. The molecular formula is C7H6Br2FNO2S. The molecule has 78 valence electrons. The van der Waals surface area contributed by atoms with Crippen LogP contribution in [0.15, 0.2) is 22.7 Å². The molecule has 0 aliphatic rings. The highest BCUT2D eigenvalue weighted by Gasteiger charge is 2.11. The second kappa shape index (κ2) is 4.59. The van der Waals surface area contributed by atoms with Crippen molar-refractivity contribution < 1.29 is 12.8 Å². The summed E-state index contributed by atoms with van der Waals surface area (Å²) in [5.41, 5.74) is -0.0705. The summed E-state index contributed by atoms with van der Waals surface area (Å²) in [7, 11) is -3.51. The van der Waals surface area contributed by atoms with Crippen LogP contribution in [0.4, 0.5) is 10.1 Å². The normalized spacial score (nSPS) is 11.4. The van der Waals surface area contributed by atoms with E-state index in [1.54, 1.807) is 0 Å². The topological polar surface area (TPSA) is 46.2 Å². The fourth-order valence-corrected chi connectivity index (χ4v) is 2.02. The molecule has 0 spiro atoms. The molecule has 0 aromatic heterocycles. The van der Waals surface area contributed by atoms with Crippen LogP contribution < -0.4 is 4.72 Å². The van der Waals surface area contributed by atoms with Crippen LogP contribution in [-0.4, -0.2) is 13.1 Å². The zero-order valence-corrected chi connectivity index (χ0v) is 10.8. The summed E-state index contributed by atoms with van der Waals surface area (Å²) < 4.78 is 37.7. The maximum absolute atomic E-state index is 13.1. The van der Waals surface area contributed by atoms with Gasteiger partial charge in [0.1, 0.15) is 10.5 Å². The first-order valence-corrected chi connectivity index (χ1v) is 7.03. The Labute approximate surface area is 98.0 Å². The van der Waals surface area contributed by atoms with E-state index in [1.807, 2.05) is 0 Å². The van der Waals surface area contributed by atoms with Gasteiger partial charge in [0.05, 0.1) is 5.69 Å². The van der Waals surface area contributed by atoms with Crippen LogP contribution in [-0.2, 0) is 10.0 Å². The first-order valence-electron chi connectivity index (χ1n) is 3.46. The molecular weight excluding hydrogens is 341 g/mol. The molecule has 1 N–H and O–H groups in total. The minimum atomic E-state index is -3.51. The van der Waals surface area contributed by atoms with Crippen molar-refractivity contribution in [2.45, 2.75) is 0 Å². The average molecular weight is 347 g/mol. The van der Waals surface area contributed by atoms with Crippen LogP contribution in [0.5, 0.6) is 0 Å². The van der Waals surface area contributed by atoms with Gasteiger partial charge in [0.25, 0.3) is 0 Å². The lowest BCUT2D eigenvalue weighted by molar-refractivity contribution is 0.603. The largest absolute Gasteiger partial charge is 0.280 e. The summed E-state index contributed by atoms with van der Waals surface area (Å²) in [5, 5.41) is 0. The van der Waals surface area contributed by atoms with Crippen molar-refractivity contribution in [1.29, 1.82) is 0 Å². The van der Waals surface area contributed by atoms with Crippen molar-refractivity contribution in [2.24, 2.45) is 0 Å². The summed E-state index contributed by atoms with van der Waals surface area (Å²) in [5.74, 6) is -0.613. The van der Waals surface area contributed by atoms with Crippen LogP contribution in [0.2, 0.25) is 0 Å². The van der Waals surface area contributed by atoms with Gasteiger partial charge < -0.3 is 0 Å².